The Morgan fingerprint density at radius 3 is 2.44 bits per heavy atom. The van der Waals surface area contributed by atoms with Crippen molar-refractivity contribution in [3.63, 3.8) is 0 Å². The lowest BCUT2D eigenvalue weighted by Crippen LogP contribution is -2.30. The summed E-state index contributed by atoms with van der Waals surface area (Å²) in [7, 11) is 0. The van der Waals surface area contributed by atoms with Crippen LogP contribution in [0.4, 0.5) is 5.69 Å². The van der Waals surface area contributed by atoms with Gasteiger partial charge in [-0.25, -0.2) is 0 Å². The standard InChI is InChI=1S/C15H22N2O/c1-5-10-17(12(2)3)11-14-6-8-15(9-7-14)16-13(4)18/h5-9,12H,1,10-11H2,2-4H3,(H,16,18). The zero-order valence-electron chi connectivity index (χ0n) is 11.4. The van der Waals surface area contributed by atoms with Crippen LogP contribution in [-0.4, -0.2) is 23.4 Å². The van der Waals surface area contributed by atoms with Crippen LogP contribution in [0.2, 0.25) is 0 Å². The van der Waals surface area contributed by atoms with Crippen LogP contribution < -0.4 is 5.32 Å². The molecule has 0 unspecified atom stereocenters. The fourth-order valence-electron chi connectivity index (χ4n) is 1.76. The molecule has 1 amide bonds. The van der Waals surface area contributed by atoms with Gasteiger partial charge < -0.3 is 5.32 Å². The van der Waals surface area contributed by atoms with E-state index in [1.807, 2.05) is 30.3 Å². The first-order valence-electron chi connectivity index (χ1n) is 6.24. The van der Waals surface area contributed by atoms with Crippen molar-refractivity contribution in [2.45, 2.75) is 33.4 Å². The van der Waals surface area contributed by atoms with Crippen molar-refractivity contribution in [1.29, 1.82) is 0 Å². The fourth-order valence-corrected chi connectivity index (χ4v) is 1.76. The second kappa shape index (κ2) is 6.97. The second-order valence-corrected chi connectivity index (χ2v) is 4.69. The highest BCUT2D eigenvalue weighted by molar-refractivity contribution is 5.88. The molecule has 0 radical (unpaired) electrons. The van der Waals surface area contributed by atoms with Gasteiger partial charge in [0.15, 0.2) is 0 Å². The van der Waals surface area contributed by atoms with Crippen LogP contribution in [0.3, 0.4) is 0 Å². The van der Waals surface area contributed by atoms with Gasteiger partial charge in [-0.15, -0.1) is 6.58 Å². The van der Waals surface area contributed by atoms with Crippen molar-refractivity contribution < 1.29 is 4.79 Å². The van der Waals surface area contributed by atoms with E-state index in [4.69, 9.17) is 0 Å². The minimum atomic E-state index is -0.0433. The van der Waals surface area contributed by atoms with E-state index in [9.17, 15) is 4.79 Å². The molecule has 0 atom stereocenters. The first-order valence-corrected chi connectivity index (χ1v) is 6.24. The topological polar surface area (TPSA) is 32.3 Å². The number of carbonyl (C=O) groups is 1. The van der Waals surface area contributed by atoms with E-state index >= 15 is 0 Å². The van der Waals surface area contributed by atoms with E-state index in [0.29, 0.717) is 6.04 Å². The number of nitrogens with one attached hydrogen (secondary N) is 1. The van der Waals surface area contributed by atoms with Crippen LogP contribution in [0.25, 0.3) is 0 Å². The molecule has 0 heterocycles. The Balaban J connectivity index is 2.66. The van der Waals surface area contributed by atoms with E-state index in [1.165, 1.54) is 12.5 Å². The molecule has 0 aromatic heterocycles. The summed E-state index contributed by atoms with van der Waals surface area (Å²) in [6, 6.07) is 8.44. The first kappa shape index (κ1) is 14.5. The van der Waals surface area contributed by atoms with Gasteiger partial charge in [-0.1, -0.05) is 18.2 Å². The molecular weight excluding hydrogens is 224 g/mol. The number of nitrogens with zero attached hydrogens (tertiary/aromatic N) is 1. The number of amides is 1. The monoisotopic (exact) mass is 246 g/mol. The highest BCUT2D eigenvalue weighted by Gasteiger charge is 2.08. The van der Waals surface area contributed by atoms with Gasteiger partial charge in [-0.05, 0) is 31.5 Å². The molecule has 1 rings (SSSR count). The smallest absolute Gasteiger partial charge is 0.221 e. The minimum Gasteiger partial charge on any atom is -0.326 e. The zero-order valence-corrected chi connectivity index (χ0v) is 11.4. The molecule has 0 aliphatic heterocycles. The fraction of sp³-hybridized carbons (Fsp3) is 0.400. The highest BCUT2D eigenvalue weighted by atomic mass is 16.1. The Morgan fingerprint density at radius 2 is 2.00 bits per heavy atom. The number of benzene rings is 1. The Bertz CT molecular complexity index is 395. The second-order valence-electron chi connectivity index (χ2n) is 4.69. The molecule has 0 fully saturated rings. The van der Waals surface area contributed by atoms with Crippen LogP contribution >= 0.6 is 0 Å². The molecule has 0 spiro atoms. The summed E-state index contributed by atoms with van der Waals surface area (Å²) in [5.74, 6) is -0.0433. The number of rotatable bonds is 6. The molecular formula is C15H22N2O. The van der Waals surface area contributed by atoms with Gasteiger partial charge in [0.2, 0.25) is 5.91 Å². The molecule has 0 bridgehead atoms. The molecule has 3 heteroatoms. The van der Waals surface area contributed by atoms with Crippen molar-refractivity contribution in [3.8, 4) is 0 Å². The van der Waals surface area contributed by atoms with Crippen LogP contribution in [0, 0.1) is 0 Å². The summed E-state index contributed by atoms with van der Waals surface area (Å²) in [6.45, 7) is 11.4. The van der Waals surface area contributed by atoms with Gasteiger partial charge in [0, 0.05) is 31.7 Å². The van der Waals surface area contributed by atoms with Gasteiger partial charge in [0.25, 0.3) is 0 Å². The SMILES string of the molecule is C=CCN(Cc1ccc(NC(C)=O)cc1)C(C)C. The predicted molar refractivity (Wildman–Crippen MR) is 76.5 cm³/mol. The maximum Gasteiger partial charge on any atom is 0.221 e. The summed E-state index contributed by atoms with van der Waals surface area (Å²) >= 11 is 0. The molecule has 3 nitrogen and oxygen atoms in total. The zero-order chi connectivity index (χ0) is 13.5. The van der Waals surface area contributed by atoms with Crippen molar-refractivity contribution >= 4 is 11.6 Å². The van der Waals surface area contributed by atoms with E-state index in [0.717, 1.165) is 18.8 Å². The van der Waals surface area contributed by atoms with Crippen molar-refractivity contribution in [1.82, 2.24) is 4.90 Å². The number of anilines is 1. The molecule has 1 aromatic carbocycles. The van der Waals surface area contributed by atoms with Gasteiger partial charge in [0.1, 0.15) is 0 Å². The van der Waals surface area contributed by atoms with E-state index in [1.54, 1.807) is 0 Å². The summed E-state index contributed by atoms with van der Waals surface area (Å²) in [5.41, 5.74) is 2.07. The number of hydrogen-bond donors (Lipinski definition) is 1. The summed E-state index contributed by atoms with van der Waals surface area (Å²) < 4.78 is 0. The normalized spacial score (nSPS) is 10.7. The Morgan fingerprint density at radius 1 is 1.39 bits per heavy atom. The van der Waals surface area contributed by atoms with Gasteiger partial charge in [-0.2, -0.15) is 0 Å². The van der Waals surface area contributed by atoms with Crippen LogP contribution in [0.1, 0.15) is 26.3 Å². The molecule has 0 aliphatic carbocycles. The summed E-state index contributed by atoms with van der Waals surface area (Å²) in [6.07, 6.45) is 1.92. The van der Waals surface area contributed by atoms with Crippen LogP contribution in [0.15, 0.2) is 36.9 Å². The number of carbonyl (C=O) groups excluding carboxylic acids is 1. The summed E-state index contributed by atoms with van der Waals surface area (Å²) in [5, 5.41) is 2.76. The molecule has 0 saturated carbocycles. The molecule has 98 valence electrons. The average Bonchev–Trinajstić information content (AvgIpc) is 2.30. The van der Waals surface area contributed by atoms with Crippen molar-refractivity contribution in [3.05, 3.63) is 42.5 Å². The molecule has 0 aliphatic rings. The average molecular weight is 246 g/mol. The quantitative estimate of drug-likeness (QED) is 0.782. The van der Waals surface area contributed by atoms with Crippen LogP contribution in [0.5, 0.6) is 0 Å². The Kier molecular flexibility index (Phi) is 5.59. The molecule has 1 aromatic rings. The third-order valence-corrected chi connectivity index (χ3v) is 2.75. The lowest BCUT2D eigenvalue weighted by molar-refractivity contribution is -0.114. The van der Waals surface area contributed by atoms with E-state index < -0.39 is 0 Å². The maximum atomic E-state index is 10.9. The van der Waals surface area contributed by atoms with Gasteiger partial charge >= 0.3 is 0 Å². The van der Waals surface area contributed by atoms with Gasteiger partial charge in [-0.3, -0.25) is 9.69 Å². The molecule has 1 N–H and O–H groups in total. The largest absolute Gasteiger partial charge is 0.326 e. The minimum absolute atomic E-state index is 0.0433. The number of hydrogen-bond acceptors (Lipinski definition) is 2. The van der Waals surface area contributed by atoms with E-state index in [2.05, 4.69) is 30.6 Å². The molecule has 0 saturated heterocycles. The first-order chi connectivity index (χ1) is 8.52. The third kappa shape index (κ3) is 4.72. The maximum absolute atomic E-state index is 10.9. The van der Waals surface area contributed by atoms with E-state index in [-0.39, 0.29) is 5.91 Å². The third-order valence-electron chi connectivity index (χ3n) is 2.75. The lowest BCUT2D eigenvalue weighted by atomic mass is 10.1. The lowest BCUT2D eigenvalue weighted by Gasteiger charge is -2.25. The van der Waals surface area contributed by atoms with Gasteiger partial charge in [0.05, 0.1) is 0 Å². The molecule has 18 heavy (non-hydrogen) atoms. The highest BCUT2D eigenvalue weighted by Crippen LogP contribution is 2.13. The van der Waals surface area contributed by atoms with Crippen LogP contribution in [-0.2, 0) is 11.3 Å². The Hall–Kier alpha value is -1.61. The summed E-state index contributed by atoms with van der Waals surface area (Å²) in [4.78, 5) is 13.3. The predicted octanol–water partition coefficient (Wildman–Crippen LogP) is 3.04. The van der Waals surface area contributed by atoms with Crippen molar-refractivity contribution in [2.24, 2.45) is 0 Å². The van der Waals surface area contributed by atoms with Crippen molar-refractivity contribution in [2.75, 3.05) is 11.9 Å². The Labute approximate surface area is 109 Å².